The third-order valence-corrected chi connectivity index (χ3v) is 23.5. The largest absolute Gasteiger partial charge is 0.491 e. The van der Waals surface area contributed by atoms with Gasteiger partial charge in [-0.1, -0.05) is 47.1 Å². The van der Waals surface area contributed by atoms with Gasteiger partial charge >= 0.3 is 0 Å². The number of methoxy groups -OCH3 is 2. The minimum Gasteiger partial charge on any atom is -0.491 e. The number of likely N-dealkylation sites (tertiary alicyclic amines) is 1. The van der Waals surface area contributed by atoms with Gasteiger partial charge in [-0.15, -0.1) is 21.7 Å². The zero-order valence-electron chi connectivity index (χ0n) is 73.6. The summed E-state index contributed by atoms with van der Waals surface area (Å²) in [5, 5.41) is 72.2. The topological polar surface area (TPSA) is 412 Å². The van der Waals surface area contributed by atoms with Gasteiger partial charge in [0.15, 0.2) is 29.1 Å². The van der Waals surface area contributed by atoms with E-state index in [0.717, 1.165) is 183 Å². The number of pyridine rings is 6. The summed E-state index contributed by atoms with van der Waals surface area (Å²) in [6.45, 7) is 7.20. The molecule has 0 bridgehead atoms. The Morgan fingerprint density at radius 2 is 0.836 bits per heavy atom. The van der Waals surface area contributed by atoms with Gasteiger partial charge in [0, 0.05) is 155 Å². The van der Waals surface area contributed by atoms with Crippen LogP contribution in [0.25, 0.3) is 110 Å². The fourth-order valence-corrected chi connectivity index (χ4v) is 16.7. The maximum absolute atomic E-state index is 6.64. The van der Waals surface area contributed by atoms with Crippen LogP contribution in [0, 0.1) is 18.3 Å². The zero-order valence-corrected chi connectivity index (χ0v) is 75.8. The number of hydrogen-bond acceptors (Lipinski definition) is 27. The molecule has 0 atom stereocenters. The molecule has 0 amide bonds. The number of hydrogen-bond donors (Lipinski definition) is 10. The predicted molar refractivity (Wildman–Crippen MR) is 521 cm³/mol. The third-order valence-electron chi connectivity index (χ3n) is 22.6. The molecule has 40 heteroatoms. The Morgan fingerprint density at radius 1 is 0.433 bits per heavy atom. The Hall–Kier alpha value is -15.9. The van der Waals surface area contributed by atoms with Crippen LogP contribution in [0.4, 0.5) is 57.5 Å². The number of halogens is 3. The Balaban J connectivity index is 0.000000108. The molecule has 2 aliphatic rings. The van der Waals surface area contributed by atoms with E-state index in [1.54, 1.807) is 83.6 Å². The summed E-state index contributed by atoms with van der Waals surface area (Å²) in [6.07, 6.45) is 23.5. The number of aromatic amines is 5. The zero-order chi connectivity index (χ0) is 91.9. The van der Waals surface area contributed by atoms with Crippen molar-refractivity contribution in [2.75, 3.05) is 100 Å². The van der Waals surface area contributed by atoms with Gasteiger partial charge in [-0.3, -0.25) is 69.4 Å². The normalized spacial score (nSPS) is 12.7. The fourth-order valence-electron chi connectivity index (χ4n) is 15.8. The molecule has 134 heavy (non-hydrogen) atoms. The van der Waals surface area contributed by atoms with E-state index in [9.17, 15) is 0 Å². The van der Waals surface area contributed by atoms with Crippen molar-refractivity contribution >= 4 is 202 Å². The number of H-pyrrole nitrogens is 5. The van der Waals surface area contributed by atoms with Crippen LogP contribution in [0.15, 0.2) is 195 Å². The summed E-state index contributed by atoms with van der Waals surface area (Å²) in [6, 6.07) is 46.1. The minimum absolute atomic E-state index is 0.358. The molecule has 16 aromatic heterocycles. The number of terminal acetylenes is 1. The molecule has 5 aromatic carbocycles. The van der Waals surface area contributed by atoms with Crippen LogP contribution in [0.3, 0.4) is 0 Å². The first kappa shape index (κ1) is 87.5. The Bertz CT molecular complexity index is 7850. The second kappa shape index (κ2) is 39.1. The molecule has 0 saturated carbocycles. The van der Waals surface area contributed by atoms with Crippen LogP contribution in [0.5, 0.6) is 35.0 Å². The highest BCUT2D eigenvalue weighted by atomic mass is 35.5. The highest BCUT2D eigenvalue weighted by Gasteiger charge is 2.25. The van der Waals surface area contributed by atoms with Gasteiger partial charge in [-0.05, 0) is 165 Å². The van der Waals surface area contributed by atoms with Crippen molar-refractivity contribution in [3.63, 3.8) is 0 Å². The lowest BCUT2D eigenvalue weighted by molar-refractivity contribution is -0.0506. The number of anilines is 10. The molecule has 2 saturated heterocycles. The van der Waals surface area contributed by atoms with Gasteiger partial charge in [0.2, 0.25) is 23.5 Å². The second-order valence-electron chi connectivity index (χ2n) is 31.6. The molecular formula is C94H89Cl3N30O7. The molecule has 2 aliphatic heterocycles. The van der Waals surface area contributed by atoms with E-state index in [-0.39, 0.29) is 0 Å². The standard InChI is InChI=1S/C21H24ClN7O.C21H14ClN7O.C19H19N5O2.C18H19N5O2.C15H13ClN6O/c1-28-17-13-14(24-20-19-16(25-26-20)6-5-7-23-19)12-15(22)18(17)21(27-28)30-11-10-29-8-3-2-4-9-29;1-3-12-6-7-17(24-11-12)30-21-18-14(22)9-13(10-16(18)29(2)28-21)25-20-19-15(26-27-20)5-4-8-23-19;1-24-8-17(26-11-12-9-25-10-12)14-5-4-13(7-16(14)24)21-19-18-15(22-23-19)3-2-6-20-18;1-23-11-16(25-9-8-24-2)13-6-5-12(10-15(13)23)20-18-17-14(21-22-18)4-3-7-19-17;1-22-11-7-8(6-9(16)12(11)15(21-22)23-2)18-14-13-10(19-20-14)4-3-5-17-13/h5-7,12-13H,2-4,8-11H2,1H3,(H2,24,25,26);1,4-11H,2H3,(H2,25,26,27);2-8,12H,9-11H2,1H3,(H2,21,22,23);3-7,10-11H,8-9H2,1-2H3,(H2,20,21,22);3-7H,1-2H3,(H2,18,19,20). The number of aromatic nitrogens is 24. The highest BCUT2D eigenvalue weighted by Crippen LogP contribution is 2.42. The third kappa shape index (κ3) is 18.8. The summed E-state index contributed by atoms with van der Waals surface area (Å²) in [5.41, 5.74) is 18.0. The lowest BCUT2D eigenvalue weighted by Crippen LogP contribution is -2.33. The average Bonchev–Trinajstić information content (AvgIpc) is 1.62. The molecule has 0 radical (unpaired) electrons. The molecule has 23 rings (SSSR count). The molecule has 10 N–H and O–H groups in total. The van der Waals surface area contributed by atoms with E-state index in [1.165, 1.54) is 19.3 Å². The van der Waals surface area contributed by atoms with Crippen molar-refractivity contribution < 1.29 is 33.2 Å². The lowest BCUT2D eigenvalue weighted by Gasteiger charge is -2.25. The Kier molecular flexibility index (Phi) is 25.5. The Morgan fingerprint density at radius 3 is 1.24 bits per heavy atom. The Labute approximate surface area is 778 Å². The number of nitrogens with one attached hydrogen (secondary N) is 10. The van der Waals surface area contributed by atoms with E-state index in [4.69, 9.17) is 74.4 Å². The number of aryl methyl sites for hydroxylation is 5. The van der Waals surface area contributed by atoms with E-state index >= 15 is 0 Å². The molecule has 21 aromatic rings. The number of benzene rings is 5. The summed E-state index contributed by atoms with van der Waals surface area (Å²) in [7, 11) is 12.8. The molecule has 0 spiro atoms. The quantitative estimate of drug-likeness (QED) is 0.0198. The molecule has 678 valence electrons. The van der Waals surface area contributed by atoms with Crippen LogP contribution in [-0.4, -0.2) is 198 Å². The number of fused-ring (bicyclic) bond motifs is 10. The van der Waals surface area contributed by atoms with Gasteiger partial charge in [-0.25, -0.2) is 4.98 Å². The van der Waals surface area contributed by atoms with Crippen molar-refractivity contribution in [2.45, 2.75) is 19.3 Å². The SMILES string of the molecule is C#Cc1ccc(Oc2nn(C)c3cc(Nc4n[nH]c5cccnc45)cc(Cl)c23)nc1.COCCOc1cn(C)c2cc(Nc3n[nH]c4cccnc34)ccc12.COc1nn(C)c2cc(Nc3n[nH]c4cccnc34)cc(Cl)c12.Cn1cc(OCC2COC2)c2ccc(Nc3n[nH]c4cccnc34)cc21.Cn1nc(OCCN2CCCCC2)c2c(Cl)cc(Nc3n[nH]c4cccnc34)cc21. The van der Waals surface area contributed by atoms with Gasteiger partial charge in [0.05, 0.1) is 120 Å². The molecule has 2 fully saturated rings. The number of nitrogens with zero attached hydrogens (tertiary/aromatic N) is 20. The lowest BCUT2D eigenvalue weighted by atomic mass is 10.1. The van der Waals surface area contributed by atoms with Gasteiger partial charge in [-0.2, -0.15) is 25.5 Å². The first-order valence-corrected chi connectivity index (χ1v) is 43.9. The molecule has 0 unspecified atom stereocenters. The van der Waals surface area contributed by atoms with Crippen LogP contribution in [-0.2, 0) is 44.7 Å². The minimum atomic E-state index is 0.358. The molecule has 0 aliphatic carbocycles. The fraction of sp³-hybridized carbons (Fsp3) is 0.213. The van der Waals surface area contributed by atoms with Crippen molar-refractivity contribution in [1.29, 1.82) is 0 Å². The maximum atomic E-state index is 6.64. The van der Waals surface area contributed by atoms with Crippen LogP contribution in [0.2, 0.25) is 15.1 Å². The van der Waals surface area contributed by atoms with Gasteiger partial charge in [0.25, 0.3) is 0 Å². The second-order valence-corrected chi connectivity index (χ2v) is 32.9. The van der Waals surface area contributed by atoms with Crippen molar-refractivity contribution in [1.82, 2.24) is 124 Å². The van der Waals surface area contributed by atoms with Crippen LogP contribution in [0.1, 0.15) is 24.8 Å². The summed E-state index contributed by atoms with van der Waals surface area (Å²) < 4.78 is 48.5. The van der Waals surface area contributed by atoms with E-state index < -0.39 is 0 Å². The van der Waals surface area contributed by atoms with Gasteiger partial charge in [0.1, 0.15) is 52.3 Å². The average molecular weight is 1860 g/mol. The summed E-state index contributed by atoms with van der Waals surface area (Å²) >= 11 is 19.6. The maximum Gasteiger partial charge on any atom is 0.249 e. The summed E-state index contributed by atoms with van der Waals surface area (Å²) in [5.74, 6) is 9.94. The van der Waals surface area contributed by atoms with Crippen molar-refractivity contribution in [3.05, 3.63) is 216 Å². The monoisotopic (exact) mass is 1850 g/mol. The highest BCUT2D eigenvalue weighted by molar-refractivity contribution is 6.37. The molecular weight excluding hydrogens is 1770 g/mol. The van der Waals surface area contributed by atoms with Crippen molar-refractivity contribution in [2.24, 2.45) is 41.2 Å². The van der Waals surface area contributed by atoms with Crippen LogP contribution >= 0.6 is 34.8 Å². The smallest absolute Gasteiger partial charge is 0.249 e. The van der Waals surface area contributed by atoms with E-state index in [2.05, 4.69) is 156 Å². The number of rotatable bonds is 24. The summed E-state index contributed by atoms with van der Waals surface area (Å²) in [4.78, 5) is 28.5. The predicted octanol–water partition coefficient (Wildman–Crippen LogP) is 18.2. The van der Waals surface area contributed by atoms with Gasteiger partial charge < -0.3 is 68.9 Å². The molecule has 18 heterocycles. The first-order valence-electron chi connectivity index (χ1n) is 42.8. The number of piperidine rings is 1. The van der Waals surface area contributed by atoms with E-state index in [1.807, 2.05) is 161 Å². The number of ether oxygens (including phenoxy) is 7. The van der Waals surface area contributed by atoms with Crippen LogP contribution < -0.4 is 50.3 Å². The van der Waals surface area contributed by atoms with Crippen molar-refractivity contribution in [3.8, 4) is 47.4 Å². The van der Waals surface area contributed by atoms with E-state index in [0.29, 0.717) is 105 Å². The first-order chi connectivity index (χ1) is 65.5. The molecule has 37 nitrogen and oxygen atoms in total.